The maximum Gasteiger partial charge on any atom is 0.255 e. The summed E-state index contributed by atoms with van der Waals surface area (Å²) in [5, 5.41) is 11.3. The van der Waals surface area contributed by atoms with E-state index in [1.165, 1.54) is 19.3 Å². The minimum Gasteiger partial charge on any atom is -0.396 e. The molecule has 2 heterocycles. The Labute approximate surface area is 152 Å². The number of nitrogens with zero attached hydrogens (tertiary/aromatic N) is 2. The molecule has 25 heavy (non-hydrogen) atoms. The number of amides is 1. The van der Waals surface area contributed by atoms with Gasteiger partial charge >= 0.3 is 0 Å². The lowest BCUT2D eigenvalue weighted by atomic mass is 9.95. The van der Waals surface area contributed by atoms with Gasteiger partial charge in [-0.3, -0.25) is 4.79 Å². The molecule has 0 atom stereocenters. The lowest BCUT2D eigenvalue weighted by Crippen LogP contribution is -2.36. The average molecular weight is 348 g/mol. The minimum atomic E-state index is 0. The lowest BCUT2D eigenvalue weighted by molar-refractivity contribution is 0.0929. The van der Waals surface area contributed by atoms with E-state index in [1.54, 1.807) is 0 Å². The smallest absolute Gasteiger partial charge is 0.255 e. The van der Waals surface area contributed by atoms with Crippen LogP contribution >= 0.6 is 0 Å². The topological polar surface area (TPSA) is 66.6 Å². The van der Waals surface area contributed by atoms with Gasteiger partial charge in [-0.2, -0.15) is 0 Å². The molecule has 2 aromatic rings. The summed E-state index contributed by atoms with van der Waals surface area (Å²) in [5.74, 6) is 0.451. The number of aryl methyl sites for hydroxylation is 2. The summed E-state index contributed by atoms with van der Waals surface area (Å²) in [6.07, 6.45) is 7.86. The molecule has 2 N–H and O–H groups in total. The molecule has 3 rings (SSSR count). The van der Waals surface area contributed by atoms with E-state index < -0.39 is 0 Å². The second-order valence-corrected chi connectivity index (χ2v) is 7.35. The number of rotatable bonds is 3. The average Bonchev–Trinajstić information content (AvgIpc) is 3.00. The molecule has 0 unspecified atom stereocenters. The number of carbonyl (C=O) groups is 1. The van der Waals surface area contributed by atoms with Gasteiger partial charge < -0.3 is 14.8 Å². The third kappa shape index (κ3) is 5.30. The van der Waals surface area contributed by atoms with Crippen molar-refractivity contribution in [3.63, 3.8) is 0 Å². The van der Waals surface area contributed by atoms with Gasteiger partial charge in [-0.05, 0) is 44.7 Å². The fourth-order valence-electron chi connectivity index (χ4n) is 3.08. The Morgan fingerprint density at radius 2 is 2.00 bits per heavy atom. The molecule has 1 aliphatic rings. The van der Waals surface area contributed by atoms with Gasteiger partial charge in [0.2, 0.25) is 0 Å². The maximum absolute atomic E-state index is 12.4. The van der Waals surface area contributed by atoms with Gasteiger partial charge in [0.1, 0.15) is 5.65 Å². The molecule has 5 heteroatoms. The van der Waals surface area contributed by atoms with E-state index in [0.717, 1.165) is 29.9 Å². The molecular formula is C20H33N3O2. The zero-order chi connectivity index (χ0) is 18.4. The lowest BCUT2D eigenvalue weighted by Gasteiger charge is -2.22. The SMILES string of the molecule is CC(C)CO.Cc1cc(C)n2ccc(C(=O)NC3CCCCC3)c2n1.[HH]. The zero-order valence-electron chi connectivity index (χ0n) is 15.9. The van der Waals surface area contributed by atoms with Gasteiger partial charge in [-0.15, -0.1) is 0 Å². The van der Waals surface area contributed by atoms with E-state index in [2.05, 4.69) is 10.3 Å². The first-order chi connectivity index (χ1) is 11.9. The van der Waals surface area contributed by atoms with Gasteiger partial charge in [-0.1, -0.05) is 33.1 Å². The number of hydrogen-bond acceptors (Lipinski definition) is 3. The molecule has 1 fully saturated rings. The van der Waals surface area contributed by atoms with Crippen LogP contribution in [0.25, 0.3) is 5.65 Å². The van der Waals surface area contributed by atoms with Gasteiger partial charge in [0.15, 0.2) is 0 Å². The van der Waals surface area contributed by atoms with Crippen LogP contribution in [0.2, 0.25) is 0 Å². The van der Waals surface area contributed by atoms with Crippen molar-refractivity contribution >= 4 is 11.6 Å². The summed E-state index contributed by atoms with van der Waals surface area (Å²) >= 11 is 0. The summed E-state index contributed by atoms with van der Waals surface area (Å²) in [4.78, 5) is 17.0. The highest BCUT2D eigenvalue weighted by Crippen LogP contribution is 2.19. The highest BCUT2D eigenvalue weighted by Gasteiger charge is 2.19. The predicted molar refractivity (Wildman–Crippen MR) is 103 cm³/mol. The first-order valence-corrected chi connectivity index (χ1v) is 9.29. The molecule has 1 amide bonds. The third-order valence-corrected chi connectivity index (χ3v) is 4.49. The van der Waals surface area contributed by atoms with E-state index in [-0.39, 0.29) is 7.33 Å². The quantitative estimate of drug-likeness (QED) is 0.885. The number of hydrogen-bond donors (Lipinski definition) is 2. The number of aliphatic hydroxyl groups excluding tert-OH is 1. The molecule has 0 spiro atoms. The Hall–Kier alpha value is -1.88. The second-order valence-electron chi connectivity index (χ2n) is 7.35. The van der Waals surface area contributed by atoms with E-state index >= 15 is 0 Å². The molecule has 0 aliphatic heterocycles. The molecule has 1 saturated carbocycles. The maximum atomic E-state index is 12.4. The number of nitrogens with one attached hydrogen (secondary N) is 1. The summed E-state index contributed by atoms with van der Waals surface area (Å²) in [5.41, 5.74) is 3.49. The van der Waals surface area contributed by atoms with E-state index in [9.17, 15) is 4.79 Å². The third-order valence-electron chi connectivity index (χ3n) is 4.49. The molecule has 5 nitrogen and oxygen atoms in total. The van der Waals surface area contributed by atoms with E-state index in [4.69, 9.17) is 5.11 Å². The van der Waals surface area contributed by atoms with Crippen LogP contribution in [0.4, 0.5) is 0 Å². The highest BCUT2D eigenvalue weighted by atomic mass is 16.3. The van der Waals surface area contributed by atoms with E-state index in [0.29, 0.717) is 24.1 Å². The fourth-order valence-corrected chi connectivity index (χ4v) is 3.08. The van der Waals surface area contributed by atoms with Crippen molar-refractivity contribution in [1.82, 2.24) is 14.7 Å². The number of carbonyl (C=O) groups excluding carboxylic acids is 1. The Balaban J connectivity index is 0.000000501. The van der Waals surface area contributed by atoms with Crippen molar-refractivity contribution < 1.29 is 11.3 Å². The summed E-state index contributed by atoms with van der Waals surface area (Å²) in [6, 6.07) is 4.22. The van der Waals surface area contributed by atoms with Crippen molar-refractivity contribution in [1.29, 1.82) is 0 Å². The molecule has 0 bridgehead atoms. The molecule has 0 aromatic carbocycles. The molecule has 0 radical (unpaired) electrons. The van der Waals surface area contributed by atoms with Crippen LogP contribution in [-0.2, 0) is 0 Å². The summed E-state index contributed by atoms with van der Waals surface area (Å²) in [6.45, 7) is 8.24. The predicted octanol–water partition coefficient (Wildman–Crippen LogP) is 3.89. The van der Waals surface area contributed by atoms with Gasteiger partial charge in [0, 0.05) is 31.7 Å². The largest absolute Gasteiger partial charge is 0.396 e. The molecular weight excluding hydrogens is 314 g/mol. The summed E-state index contributed by atoms with van der Waals surface area (Å²) < 4.78 is 1.97. The van der Waals surface area contributed by atoms with Gasteiger partial charge in [-0.25, -0.2) is 4.98 Å². The van der Waals surface area contributed by atoms with Crippen molar-refractivity contribution in [2.75, 3.05) is 6.61 Å². The Kier molecular flexibility index (Phi) is 7.00. The Bertz CT molecular complexity index is 706. The van der Waals surface area contributed by atoms with Crippen molar-refractivity contribution in [2.45, 2.75) is 65.8 Å². The number of fused-ring (bicyclic) bond motifs is 1. The summed E-state index contributed by atoms with van der Waals surface area (Å²) in [7, 11) is 0. The number of aromatic nitrogens is 2. The Morgan fingerprint density at radius 3 is 2.60 bits per heavy atom. The first kappa shape index (κ1) is 19.4. The molecule has 140 valence electrons. The van der Waals surface area contributed by atoms with Crippen LogP contribution in [0.1, 0.15) is 69.1 Å². The van der Waals surface area contributed by atoms with Crippen LogP contribution in [-0.4, -0.2) is 33.0 Å². The molecule has 0 saturated heterocycles. The normalized spacial score (nSPS) is 15.1. The van der Waals surface area contributed by atoms with Gasteiger partial charge in [0.25, 0.3) is 5.91 Å². The van der Waals surface area contributed by atoms with Gasteiger partial charge in [0.05, 0.1) is 5.56 Å². The molecule has 2 aromatic heterocycles. The highest BCUT2D eigenvalue weighted by molar-refractivity contribution is 6.00. The fraction of sp³-hybridized carbons (Fsp3) is 0.600. The molecule has 1 aliphatic carbocycles. The Morgan fingerprint density at radius 1 is 1.36 bits per heavy atom. The minimum absolute atomic E-state index is 0. The van der Waals surface area contributed by atoms with Crippen LogP contribution in [0.15, 0.2) is 18.3 Å². The van der Waals surface area contributed by atoms with Crippen LogP contribution in [0.3, 0.4) is 0 Å². The first-order valence-electron chi connectivity index (χ1n) is 9.29. The van der Waals surface area contributed by atoms with Crippen molar-refractivity contribution in [3.8, 4) is 0 Å². The van der Waals surface area contributed by atoms with Crippen LogP contribution < -0.4 is 5.32 Å². The van der Waals surface area contributed by atoms with Crippen LogP contribution in [0, 0.1) is 19.8 Å². The zero-order valence-corrected chi connectivity index (χ0v) is 15.9. The standard InChI is InChI=1S/C16H21N3O.C4H10O.H2/c1-11-10-12(2)19-9-8-14(15(19)17-11)16(20)18-13-6-4-3-5-7-13;1-4(2)3-5;/h8-10,13H,3-7H2,1-2H3,(H,18,20);4-5H,3H2,1-2H3;1H. The van der Waals surface area contributed by atoms with Crippen LogP contribution in [0.5, 0.6) is 0 Å². The monoisotopic (exact) mass is 347 g/mol. The second kappa shape index (κ2) is 8.99. The van der Waals surface area contributed by atoms with Crippen molar-refractivity contribution in [2.24, 2.45) is 5.92 Å². The van der Waals surface area contributed by atoms with Crippen molar-refractivity contribution in [3.05, 3.63) is 35.3 Å². The van der Waals surface area contributed by atoms with E-state index in [1.807, 2.05) is 50.4 Å². The number of aliphatic hydroxyl groups is 1.